The summed E-state index contributed by atoms with van der Waals surface area (Å²) >= 11 is 11.7. The smallest absolute Gasteiger partial charge is 0.0329 e. The monoisotopic (exact) mass is 176 g/mol. The summed E-state index contributed by atoms with van der Waals surface area (Å²) in [5.41, 5.74) is 0. The van der Waals surface area contributed by atoms with Crippen molar-refractivity contribution in [2.45, 2.75) is 25.7 Å². The van der Waals surface area contributed by atoms with Gasteiger partial charge in [-0.1, -0.05) is 35.4 Å². The van der Waals surface area contributed by atoms with Crippen LogP contribution in [0.1, 0.15) is 25.7 Å². The third-order valence-electron chi connectivity index (χ3n) is 1.52. The van der Waals surface area contributed by atoms with Crippen molar-refractivity contribution in [2.75, 3.05) is 0 Å². The zero-order valence-electron chi connectivity index (χ0n) is 5.74. The predicted molar refractivity (Wildman–Crippen MR) is 46.3 cm³/mol. The van der Waals surface area contributed by atoms with E-state index in [0.29, 0.717) is 0 Å². The quantitative estimate of drug-likeness (QED) is 0.493. The molecule has 0 heterocycles. The molecule has 0 spiro atoms. The summed E-state index contributed by atoms with van der Waals surface area (Å²) in [5.74, 6) is 0. The molecular formula is C8H10Cl2. The molecule has 0 aromatic heterocycles. The van der Waals surface area contributed by atoms with E-state index in [1.165, 1.54) is 0 Å². The van der Waals surface area contributed by atoms with Crippen molar-refractivity contribution in [3.8, 4) is 0 Å². The van der Waals surface area contributed by atoms with Crippen molar-refractivity contribution >= 4 is 23.2 Å². The Morgan fingerprint density at radius 3 is 1.70 bits per heavy atom. The van der Waals surface area contributed by atoms with Gasteiger partial charge in [-0.05, 0) is 25.7 Å². The molecule has 0 bridgehead atoms. The first-order valence-electron chi connectivity index (χ1n) is 3.48. The third kappa shape index (κ3) is 2.36. The van der Waals surface area contributed by atoms with Crippen molar-refractivity contribution in [1.82, 2.24) is 0 Å². The largest absolute Gasteiger partial charge is 0.0882 e. The minimum absolute atomic E-state index is 0.839. The maximum Gasteiger partial charge on any atom is 0.0329 e. The Labute approximate surface area is 71.5 Å². The summed E-state index contributed by atoms with van der Waals surface area (Å²) < 4.78 is 0. The number of rotatable bonds is 0. The Bertz CT molecular complexity index is 150. The van der Waals surface area contributed by atoms with Crippen molar-refractivity contribution < 1.29 is 0 Å². The van der Waals surface area contributed by atoms with Crippen molar-refractivity contribution in [3.05, 3.63) is 22.2 Å². The average molecular weight is 177 g/mol. The van der Waals surface area contributed by atoms with E-state index >= 15 is 0 Å². The van der Waals surface area contributed by atoms with Crippen LogP contribution in [0.5, 0.6) is 0 Å². The summed E-state index contributed by atoms with van der Waals surface area (Å²) in [6.45, 7) is 0. The lowest BCUT2D eigenvalue weighted by Gasteiger charge is -2.03. The second-order valence-corrected chi connectivity index (χ2v) is 3.27. The fourth-order valence-electron chi connectivity index (χ4n) is 0.927. The topological polar surface area (TPSA) is 0 Å². The maximum atomic E-state index is 5.86. The average Bonchev–Trinajstić information content (AvgIpc) is 1.92. The Balaban J connectivity index is 2.57. The predicted octanol–water partition coefficient (Wildman–Crippen LogP) is 3.81. The van der Waals surface area contributed by atoms with Crippen molar-refractivity contribution in [2.24, 2.45) is 0 Å². The van der Waals surface area contributed by atoms with Gasteiger partial charge in [0.05, 0.1) is 0 Å². The van der Waals surface area contributed by atoms with E-state index in [9.17, 15) is 0 Å². The lowest BCUT2D eigenvalue weighted by Crippen LogP contribution is -1.83. The molecule has 0 aliphatic heterocycles. The van der Waals surface area contributed by atoms with Crippen LogP contribution in [0.15, 0.2) is 22.2 Å². The van der Waals surface area contributed by atoms with Crippen molar-refractivity contribution in [3.63, 3.8) is 0 Å². The summed E-state index contributed by atoms with van der Waals surface area (Å²) in [6.07, 6.45) is 8.16. The molecule has 2 heteroatoms. The van der Waals surface area contributed by atoms with Crippen molar-refractivity contribution in [1.29, 1.82) is 0 Å². The van der Waals surface area contributed by atoms with Crippen LogP contribution in [0.3, 0.4) is 0 Å². The molecule has 0 amide bonds. The van der Waals surface area contributed by atoms with E-state index in [2.05, 4.69) is 12.2 Å². The van der Waals surface area contributed by atoms with E-state index in [-0.39, 0.29) is 0 Å². The Morgan fingerprint density at radius 2 is 1.30 bits per heavy atom. The van der Waals surface area contributed by atoms with Gasteiger partial charge in [0, 0.05) is 10.1 Å². The number of allylic oxidation sites excluding steroid dienone is 4. The molecule has 0 saturated heterocycles. The van der Waals surface area contributed by atoms with Gasteiger partial charge < -0.3 is 0 Å². The number of hydrogen-bond donors (Lipinski definition) is 0. The molecule has 0 radical (unpaired) electrons. The summed E-state index contributed by atoms with van der Waals surface area (Å²) in [4.78, 5) is 0. The first kappa shape index (κ1) is 8.16. The van der Waals surface area contributed by atoms with E-state index in [4.69, 9.17) is 23.2 Å². The van der Waals surface area contributed by atoms with Gasteiger partial charge in [-0.25, -0.2) is 0 Å². The molecule has 0 N–H and O–H groups in total. The van der Waals surface area contributed by atoms with Crippen LogP contribution >= 0.6 is 23.2 Å². The molecule has 1 aliphatic rings. The molecule has 56 valence electrons. The molecule has 0 aromatic carbocycles. The fourth-order valence-corrected chi connectivity index (χ4v) is 1.33. The highest BCUT2D eigenvalue weighted by Crippen LogP contribution is 2.25. The molecular weight excluding hydrogens is 167 g/mol. The summed E-state index contributed by atoms with van der Waals surface area (Å²) in [5, 5.41) is 1.68. The molecule has 10 heavy (non-hydrogen) atoms. The van der Waals surface area contributed by atoms with E-state index < -0.39 is 0 Å². The van der Waals surface area contributed by atoms with Gasteiger partial charge >= 0.3 is 0 Å². The van der Waals surface area contributed by atoms with E-state index in [1.54, 1.807) is 0 Å². The minimum Gasteiger partial charge on any atom is -0.0882 e. The number of halogens is 2. The number of hydrogen-bond acceptors (Lipinski definition) is 0. The van der Waals surface area contributed by atoms with Crippen LogP contribution in [0.4, 0.5) is 0 Å². The third-order valence-corrected chi connectivity index (χ3v) is 2.45. The Kier molecular flexibility index (Phi) is 3.30. The van der Waals surface area contributed by atoms with Gasteiger partial charge in [0.25, 0.3) is 0 Å². The van der Waals surface area contributed by atoms with E-state index in [0.717, 1.165) is 35.7 Å². The van der Waals surface area contributed by atoms with Crippen LogP contribution < -0.4 is 0 Å². The maximum absolute atomic E-state index is 5.86. The molecule has 0 nitrogen and oxygen atoms in total. The first-order chi connectivity index (χ1) is 4.80. The highest BCUT2D eigenvalue weighted by molar-refractivity contribution is 6.39. The second-order valence-electron chi connectivity index (χ2n) is 2.36. The zero-order chi connectivity index (χ0) is 7.40. The lowest BCUT2D eigenvalue weighted by molar-refractivity contribution is 0.936. The van der Waals surface area contributed by atoms with Gasteiger partial charge in [-0.2, -0.15) is 0 Å². The molecule has 0 atom stereocenters. The molecule has 0 saturated carbocycles. The highest BCUT2D eigenvalue weighted by atomic mass is 35.5. The molecule has 1 rings (SSSR count). The van der Waals surface area contributed by atoms with Crippen LogP contribution in [0.25, 0.3) is 0 Å². The zero-order valence-corrected chi connectivity index (χ0v) is 7.25. The highest BCUT2D eigenvalue weighted by Gasteiger charge is 2.01. The molecule has 0 fully saturated rings. The van der Waals surface area contributed by atoms with Gasteiger partial charge in [0.15, 0.2) is 0 Å². The fraction of sp³-hybridized carbons (Fsp3) is 0.500. The molecule has 0 aromatic rings. The van der Waals surface area contributed by atoms with Crippen LogP contribution in [0.2, 0.25) is 0 Å². The minimum atomic E-state index is 0.839. The van der Waals surface area contributed by atoms with E-state index in [1.807, 2.05) is 0 Å². The first-order valence-corrected chi connectivity index (χ1v) is 4.24. The van der Waals surface area contributed by atoms with Gasteiger partial charge in [-0.15, -0.1) is 0 Å². The van der Waals surface area contributed by atoms with Crippen LogP contribution in [-0.2, 0) is 0 Å². The molecule has 1 aliphatic carbocycles. The van der Waals surface area contributed by atoms with Gasteiger partial charge in [0.2, 0.25) is 0 Å². The Hall–Kier alpha value is 0.0600. The summed E-state index contributed by atoms with van der Waals surface area (Å²) in [6, 6.07) is 0. The van der Waals surface area contributed by atoms with Gasteiger partial charge in [-0.3, -0.25) is 0 Å². The normalized spacial score (nSPS) is 20.6. The second kappa shape index (κ2) is 4.05. The van der Waals surface area contributed by atoms with Crippen LogP contribution in [0, 0.1) is 0 Å². The summed E-state index contributed by atoms with van der Waals surface area (Å²) in [7, 11) is 0. The van der Waals surface area contributed by atoms with Crippen LogP contribution in [-0.4, -0.2) is 0 Å². The standard InChI is InChI=1S/C8H10Cl2/c9-7-5-3-1-2-4-6-8(7)10/h1-2H,3-6H2. The Morgan fingerprint density at radius 1 is 0.900 bits per heavy atom. The molecule has 0 unspecified atom stereocenters. The SMILES string of the molecule is ClC1=C(Cl)CCC=CCC1. The lowest BCUT2D eigenvalue weighted by atomic mass is 10.1. The van der Waals surface area contributed by atoms with Gasteiger partial charge in [0.1, 0.15) is 0 Å².